The van der Waals surface area contributed by atoms with Gasteiger partial charge in [-0.25, -0.2) is 0 Å². The van der Waals surface area contributed by atoms with Gasteiger partial charge in [-0.2, -0.15) is 0 Å². The van der Waals surface area contributed by atoms with Gasteiger partial charge in [-0.15, -0.1) is 0 Å². The summed E-state index contributed by atoms with van der Waals surface area (Å²) in [7, 11) is 0. The smallest absolute Gasteiger partial charge is 0.196 e. The fourth-order valence-corrected chi connectivity index (χ4v) is 4.38. The summed E-state index contributed by atoms with van der Waals surface area (Å²) in [6.07, 6.45) is -1.54. The van der Waals surface area contributed by atoms with Crippen molar-refractivity contribution in [3.63, 3.8) is 0 Å². The highest BCUT2D eigenvalue weighted by Gasteiger charge is 2.47. The molecule has 2 aliphatic heterocycles. The molecule has 1 aliphatic carbocycles. The number of benzene rings is 1. The minimum absolute atomic E-state index is 0.0629. The summed E-state index contributed by atoms with van der Waals surface area (Å²) in [5.41, 5.74) is 0.810. The van der Waals surface area contributed by atoms with Crippen LogP contribution in [0.4, 0.5) is 0 Å². The molecule has 0 bridgehead atoms. The van der Waals surface area contributed by atoms with Crippen molar-refractivity contribution in [1.29, 1.82) is 0 Å². The monoisotopic (exact) mass is 416 g/mol. The van der Waals surface area contributed by atoms with E-state index < -0.39 is 48.7 Å². The number of aromatic hydroxyl groups is 1. The van der Waals surface area contributed by atoms with Crippen LogP contribution in [0.15, 0.2) is 23.5 Å². The number of phenolic OH excluding ortho intramolecular Hbond substituents is 1. The zero-order valence-electron chi connectivity index (χ0n) is 16.7. The summed E-state index contributed by atoms with van der Waals surface area (Å²) < 4.78 is 11.3. The highest BCUT2D eigenvalue weighted by Crippen LogP contribution is 2.45. The molecule has 1 fully saturated rings. The lowest BCUT2D eigenvalue weighted by atomic mass is 9.81. The summed E-state index contributed by atoms with van der Waals surface area (Å²) in [4.78, 5) is 26.1. The predicted octanol–water partition coefficient (Wildman–Crippen LogP) is 1.41. The number of ether oxygens (including phenoxy) is 2. The molecule has 30 heavy (non-hydrogen) atoms. The normalized spacial score (nSPS) is 30.4. The third-order valence-electron chi connectivity index (χ3n) is 5.82. The Morgan fingerprint density at radius 2 is 1.87 bits per heavy atom. The number of rotatable bonds is 4. The first-order chi connectivity index (χ1) is 14.3. The maximum Gasteiger partial charge on any atom is 0.196 e. The lowest BCUT2D eigenvalue weighted by molar-refractivity contribution is -0.0139. The number of Topliss-reactive ketones (excluding diaryl/α,β-unsaturated/α-hetero) is 1. The van der Waals surface area contributed by atoms with Crippen LogP contribution in [0.1, 0.15) is 64.6 Å². The molecule has 0 saturated carbocycles. The molecule has 3 aliphatic rings. The number of carbonyl (C=O) groups excluding carboxylic acids is 2. The molecule has 160 valence electrons. The van der Waals surface area contributed by atoms with Gasteiger partial charge in [0.05, 0.1) is 17.9 Å². The molecule has 0 unspecified atom stereocenters. The van der Waals surface area contributed by atoms with E-state index >= 15 is 0 Å². The zero-order chi connectivity index (χ0) is 21.7. The van der Waals surface area contributed by atoms with Crippen molar-refractivity contribution in [2.75, 3.05) is 6.61 Å². The van der Waals surface area contributed by atoms with E-state index in [4.69, 9.17) is 9.47 Å². The number of aliphatic hydroxyl groups is 3. The van der Waals surface area contributed by atoms with Crippen LogP contribution in [0, 0.1) is 0 Å². The minimum atomic E-state index is -1.49. The van der Waals surface area contributed by atoms with Gasteiger partial charge >= 0.3 is 0 Å². The van der Waals surface area contributed by atoms with Crippen LogP contribution in [0.3, 0.4) is 0 Å². The van der Waals surface area contributed by atoms with E-state index in [-0.39, 0.29) is 22.4 Å². The Bertz CT molecular complexity index is 976. The molecule has 8 heteroatoms. The average Bonchev–Trinajstić information content (AvgIpc) is 2.98. The van der Waals surface area contributed by atoms with Crippen molar-refractivity contribution in [2.45, 2.75) is 57.2 Å². The van der Waals surface area contributed by atoms with Crippen LogP contribution in [0.2, 0.25) is 0 Å². The van der Waals surface area contributed by atoms with Crippen LogP contribution in [-0.2, 0) is 9.47 Å². The van der Waals surface area contributed by atoms with Crippen LogP contribution in [0.5, 0.6) is 5.75 Å². The Morgan fingerprint density at radius 1 is 1.13 bits per heavy atom. The first-order valence-corrected chi connectivity index (χ1v) is 9.96. The van der Waals surface area contributed by atoms with Gasteiger partial charge in [0.2, 0.25) is 0 Å². The second-order valence-electron chi connectivity index (χ2n) is 7.85. The van der Waals surface area contributed by atoms with Crippen LogP contribution in [-0.4, -0.2) is 63.0 Å². The van der Waals surface area contributed by atoms with Gasteiger partial charge in [-0.1, -0.05) is 13.3 Å². The first kappa shape index (κ1) is 20.7. The number of aliphatic hydroxyl groups excluding tert-OH is 3. The second-order valence-corrected chi connectivity index (χ2v) is 7.85. The lowest BCUT2D eigenvalue weighted by Crippen LogP contribution is -2.36. The molecule has 5 atom stereocenters. The van der Waals surface area contributed by atoms with Gasteiger partial charge in [0.25, 0.3) is 0 Å². The number of hydrogen-bond acceptors (Lipinski definition) is 8. The van der Waals surface area contributed by atoms with Gasteiger partial charge < -0.3 is 29.9 Å². The van der Waals surface area contributed by atoms with Crippen molar-refractivity contribution in [2.24, 2.45) is 0 Å². The average molecular weight is 416 g/mol. The summed E-state index contributed by atoms with van der Waals surface area (Å²) in [5, 5.41) is 40.6. The predicted molar refractivity (Wildman–Crippen MR) is 105 cm³/mol. The Labute approximate surface area is 173 Å². The molecule has 2 heterocycles. The highest BCUT2D eigenvalue weighted by molar-refractivity contribution is 6.26. The lowest BCUT2D eigenvalue weighted by Gasteiger charge is -2.29. The zero-order valence-corrected chi connectivity index (χ0v) is 16.7. The van der Waals surface area contributed by atoms with Crippen LogP contribution < -0.4 is 0 Å². The Balaban J connectivity index is 1.81. The number of hydrogen-bond donors (Lipinski definition) is 4. The van der Waals surface area contributed by atoms with E-state index in [1.54, 1.807) is 19.1 Å². The quantitative estimate of drug-likeness (QED) is 0.579. The largest absolute Gasteiger partial charge is 0.507 e. The van der Waals surface area contributed by atoms with Crippen molar-refractivity contribution in [1.82, 2.24) is 0 Å². The molecule has 1 aromatic carbocycles. The molecule has 0 aromatic heterocycles. The molecule has 8 nitrogen and oxygen atoms in total. The fourth-order valence-electron chi connectivity index (χ4n) is 4.38. The molecule has 0 amide bonds. The van der Waals surface area contributed by atoms with E-state index in [9.17, 15) is 30.0 Å². The number of carbonyl (C=O) groups is 2. The Hall–Kier alpha value is -2.52. The van der Waals surface area contributed by atoms with E-state index in [1.807, 2.05) is 6.92 Å². The molecular weight excluding hydrogens is 392 g/mol. The third kappa shape index (κ3) is 3.07. The minimum Gasteiger partial charge on any atom is -0.507 e. The number of fused-ring (bicyclic) bond motifs is 2. The Kier molecular flexibility index (Phi) is 5.27. The van der Waals surface area contributed by atoms with Gasteiger partial charge in [0.1, 0.15) is 36.3 Å². The molecule has 1 saturated heterocycles. The number of phenols is 1. The molecule has 1 aromatic rings. The van der Waals surface area contributed by atoms with E-state index in [0.717, 1.165) is 12.5 Å². The standard InChI is InChI=1S/C22H24O8/c1-3-4-14-16-10(5-9(2)29-14)6-11-13(24)7-12(18(25)17(11)20(16)27)22-21(28)19(26)15(8-23)30-22/h5-7,14-15,19,21-23,26-28H,3-4,8H2,1-2H3/t14-,15+,19-,21-,22-/m1/s1. The third-order valence-corrected chi connectivity index (χ3v) is 5.82. The van der Waals surface area contributed by atoms with Crippen molar-refractivity contribution in [3.05, 3.63) is 45.7 Å². The van der Waals surface area contributed by atoms with Gasteiger partial charge in [0, 0.05) is 16.7 Å². The molecular formula is C22H24O8. The number of ketones is 2. The topological polar surface area (TPSA) is 134 Å². The molecule has 4 N–H and O–H groups in total. The number of allylic oxidation sites excluding steroid dienone is 2. The summed E-state index contributed by atoms with van der Waals surface area (Å²) in [6, 6.07) is 1.57. The van der Waals surface area contributed by atoms with Crippen molar-refractivity contribution in [3.8, 4) is 5.75 Å². The fraction of sp³-hybridized carbons (Fsp3) is 0.455. The SMILES string of the molecule is CCC[C@H]1OC(C)=Cc2cc3c(c(O)c21)C(=O)C([C@H]1O[C@@H](CO)[C@@H](O)[C@H]1O)=CC3=O. The van der Waals surface area contributed by atoms with Gasteiger partial charge in [-0.3, -0.25) is 9.59 Å². The molecule has 0 radical (unpaired) electrons. The van der Waals surface area contributed by atoms with E-state index in [2.05, 4.69) is 0 Å². The highest BCUT2D eigenvalue weighted by atomic mass is 16.6. The van der Waals surface area contributed by atoms with Crippen LogP contribution >= 0.6 is 0 Å². The summed E-state index contributed by atoms with van der Waals surface area (Å²) >= 11 is 0. The van der Waals surface area contributed by atoms with Crippen molar-refractivity contribution < 1.29 is 39.5 Å². The molecule has 0 spiro atoms. The maximum absolute atomic E-state index is 13.3. The van der Waals surface area contributed by atoms with Crippen LogP contribution in [0.25, 0.3) is 6.08 Å². The Morgan fingerprint density at radius 3 is 2.50 bits per heavy atom. The van der Waals surface area contributed by atoms with Crippen molar-refractivity contribution >= 4 is 17.6 Å². The second kappa shape index (κ2) is 7.63. The summed E-state index contributed by atoms with van der Waals surface area (Å²) in [5.74, 6) is -0.848. The maximum atomic E-state index is 13.3. The molecule has 4 rings (SSSR count). The van der Waals surface area contributed by atoms with E-state index in [0.29, 0.717) is 23.3 Å². The first-order valence-electron chi connectivity index (χ1n) is 9.96. The van der Waals surface area contributed by atoms with Gasteiger partial charge in [-0.05, 0) is 37.1 Å². The summed E-state index contributed by atoms with van der Waals surface area (Å²) in [6.45, 7) is 3.21. The van der Waals surface area contributed by atoms with E-state index in [1.165, 1.54) is 0 Å². The van der Waals surface area contributed by atoms with Gasteiger partial charge in [0.15, 0.2) is 11.6 Å².